The van der Waals surface area contributed by atoms with Gasteiger partial charge in [0, 0.05) is 6.04 Å². The molecule has 3 N–H and O–H groups in total. The largest absolute Gasteiger partial charge is 0.493 e. The molecule has 0 aliphatic heterocycles. The highest BCUT2D eigenvalue weighted by atomic mass is 16.5. The maximum Gasteiger partial charge on any atom is 0.161 e. The van der Waals surface area contributed by atoms with Crippen molar-refractivity contribution in [3.8, 4) is 5.75 Å². The zero-order chi connectivity index (χ0) is 12.3. The van der Waals surface area contributed by atoms with Gasteiger partial charge in [-0.15, -0.1) is 0 Å². The van der Waals surface area contributed by atoms with Crippen molar-refractivity contribution in [3.05, 3.63) is 11.9 Å². The van der Waals surface area contributed by atoms with Crippen LogP contribution in [0, 0.1) is 5.92 Å². The smallest absolute Gasteiger partial charge is 0.161 e. The first-order valence-electron chi connectivity index (χ1n) is 5.60. The molecule has 0 spiro atoms. The molecule has 1 rings (SSSR count). The standard InChI is InChI=1S/C11H22N4O/c1-7(2)10(14-12)11-9(16-5)6-13-15(11)8(3)4/h6-8,10,14H,12H2,1-5H3. The minimum Gasteiger partial charge on any atom is -0.493 e. The first kappa shape index (κ1) is 13.0. The van der Waals surface area contributed by atoms with Gasteiger partial charge in [-0.25, -0.2) is 0 Å². The van der Waals surface area contributed by atoms with Crippen molar-refractivity contribution in [1.29, 1.82) is 0 Å². The Kier molecular flexibility index (Phi) is 4.32. The van der Waals surface area contributed by atoms with Gasteiger partial charge in [-0.05, 0) is 19.8 Å². The van der Waals surface area contributed by atoms with Gasteiger partial charge >= 0.3 is 0 Å². The quantitative estimate of drug-likeness (QED) is 0.591. The fraction of sp³-hybridized carbons (Fsp3) is 0.727. The second kappa shape index (κ2) is 5.32. The van der Waals surface area contributed by atoms with Crippen LogP contribution in [0.4, 0.5) is 0 Å². The van der Waals surface area contributed by atoms with Crippen LogP contribution >= 0.6 is 0 Å². The van der Waals surface area contributed by atoms with E-state index in [9.17, 15) is 0 Å². The van der Waals surface area contributed by atoms with Crippen LogP contribution in [0.3, 0.4) is 0 Å². The predicted molar refractivity (Wildman–Crippen MR) is 64.1 cm³/mol. The van der Waals surface area contributed by atoms with Crippen molar-refractivity contribution in [3.63, 3.8) is 0 Å². The molecule has 0 aliphatic rings. The third kappa shape index (κ3) is 2.36. The van der Waals surface area contributed by atoms with E-state index in [0.29, 0.717) is 5.92 Å². The highest BCUT2D eigenvalue weighted by molar-refractivity contribution is 5.29. The summed E-state index contributed by atoms with van der Waals surface area (Å²) in [5.74, 6) is 6.76. The van der Waals surface area contributed by atoms with Gasteiger partial charge in [-0.3, -0.25) is 16.0 Å². The number of aromatic nitrogens is 2. The first-order valence-corrected chi connectivity index (χ1v) is 5.60. The normalized spacial score (nSPS) is 13.5. The van der Waals surface area contributed by atoms with Crippen LogP contribution in [0.15, 0.2) is 6.20 Å². The van der Waals surface area contributed by atoms with Gasteiger partial charge in [0.15, 0.2) is 5.75 Å². The Labute approximate surface area is 96.9 Å². The van der Waals surface area contributed by atoms with Gasteiger partial charge in [-0.2, -0.15) is 5.10 Å². The molecule has 1 unspecified atom stereocenters. The van der Waals surface area contributed by atoms with Crippen molar-refractivity contribution in [2.45, 2.75) is 39.8 Å². The van der Waals surface area contributed by atoms with E-state index < -0.39 is 0 Å². The molecule has 0 aromatic carbocycles. The van der Waals surface area contributed by atoms with Crippen molar-refractivity contribution >= 4 is 0 Å². The minimum absolute atomic E-state index is 0.0415. The molecule has 1 atom stereocenters. The van der Waals surface area contributed by atoms with Gasteiger partial charge in [0.1, 0.15) is 0 Å². The Morgan fingerprint density at radius 3 is 2.38 bits per heavy atom. The number of rotatable bonds is 5. The molecule has 0 radical (unpaired) electrons. The van der Waals surface area contributed by atoms with Crippen molar-refractivity contribution in [2.24, 2.45) is 11.8 Å². The molecule has 0 saturated carbocycles. The van der Waals surface area contributed by atoms with Gasteiger partial charge in [0.2, 0.25) is 0 Å². The molecule has 92 valence electrons. The van der Waals surface area contributed by atoms with E-state index >= 15 is 0 Å². The first-order chi connectivity index (χ1) is 7.52. The van der Waals surface area contributed by atoms with Crippen molar-refractivity contribution in [1.82, 2.24) is 15.2 Å². The molecule has 0 saturated heterocycles. The van der Waals surface area contributed by atoms with E-state index in [0.717, 1.165) is 11.4 Å². The monoisotopic (exact) mass is 226 g/mol. The second-order valence-electron chi connectivity index (χ2n) is 4.52. The third-order valence-electron chi connectivity index (χ3n) is 2.65. The number of ether oxygens (including phenoxy) is 1. The molecular weight excluding hydrogens is 204 g/mol. The SMILES string of the molecule is COc1cnn(C(C)C)c1C(NN)C(C)C. The Balaban J connectivity index is 3.20. The topological polar surface area (TPSA) is 65.1 Å². The number of hydrogen-bond donors (Lipinski definition) is 2. The number of nitrogens with zero attached hydrogens (tertiary/aromatic N) is 2. The lowest BCUT2D eigenvalue weighted by molar-refractivity contribution is 0.347. The summed E-state index contributed by atoms with van der Waals surface area (Å²) < 4.78 is 7.28. The molecule has 1 aromatic rings. The summed E-state index contributed by atoms with van der Waals surface area (Å²) in [6.45, 7) is 8.40. The zero-order valence-corrected chi connectivity index (χ0v) is 10.7. The lowest BCUT2D eigenvalue weighted by Gasteiger charge is -2.23. The van der Waals surface area contributed by atoms with E-state index in [2.05, 4.69) is 38.2 Å². The van der Waals surface area contributed by atoms with Crippen molar-refractivity contribution < 1.29 is 4.74 Å². The molecule has 16 heavy (non-hydrogen) atoms. The Bertz CT molecular complexity index is 333. The predicted octanol–water partition coefficient (Wildman–Crippen LogP) is 1.63. The van der Waals surface area contributed by atoms with Gasteiger partial charge in [0.25, 0.3) is 0 Å². The number of methoxy groups -OCH3 is 1. The molecule has 5 nitrogen and oxygen atoms in total. The number of hydrazine groups is 1. The van der Waals surface area contributed by atoms with E-state index in [1.807, 2.05) is 4.68 Å². The molecule has 1 aromatic heterocycles. The van der Waals surface area contributed by atoms with Crippen LogP contribution in [0.1, 0.15) is 45.5 Å². The third-order valence-corrected chi connectivity index (χ3v) is 2.65. The van der Waals surface area contributed by atoms with E-state index in [4.69, 9.17) is 10.6 Å². The zero-order valence-electron chi connectivity index (χ0n) is 10.7. The van der Waals surface area contributed by atoms with Gasteiger partial charge < -0.3 is 4.74 Å². The Hall–Kier alpha value is -1.07. The van der Waals surface area contributed by atoms with Crippen molar-refractivity contribution in [2.75, 3.05) is 7.11 Å². The maximum atomic E-state index is 5.61. The fourth-order valence-electron chi connectivity index (χ4n) is 1.81. The van der Waals surface area contributed by atoms with E-state index in [1.54, 1.807) is 13.3 Å². The summed E-state index contributed by atoms with van der Waals surface area (Å²) in [7, 11) is 1.65. The number of hydrogen-bond acceptors (Lipinski definition) is 4. The van der Waals surface area contributed by atoms with E-state index in [-0.39, 0.29) is 12.1 Å². The van der Waals surface area contributed by atoms with Crippen LogP contribution in [-0.2, 0) is 0 Å². The average Bonchev–Trinajstić information content (AvgIpc) is 2.62. The lowest BCUT2D eigenvalue weighted by Crippen LogP contribution is -2.33. The highest BCUT2D eigenvalue weighted by Gasteiger charge is 2.24. The lowest BCUT2D eigenvalue weighted by atomic mass is 10.0. The molecular formula is C11H22N4O. The Morgan fingerprint density at radius 1 is 1.38 bits per heavy atom. The van der Waals surface area contributed by atoms with Crippen LogP contribution < -0.4 is 16.0 Å². The number of nitrogens with two attached hydrogens (primary N) is 1. The average molecular weight is 226 g/mol. The molecule has 0 fully saturated rings. The molecule has 0 bridgehead atoms. The molecule has 0 aliphatic carbocycles. The summed E-state index contributed by atoms with van der Waals surface area (Å²) in [4.78, 5) is 0. The summed E-state index contributed by atoms with van der Waals surface area (Å²) in [6, 6.07) is 0.327. The van der Waals surface area contributed by atoms with Crippen LogP contribution in [0.25, 0.3) is 0 Å². The molecule has 5 heteroatoms. The van der Waals surface area contributed by atoms with Gasteiger partial charge in [-0.1, -0.05) is 13.8 Å². The Morgan fingerprint density at radius 2 is 2.00 bits per heavy atom. The highest BCUT2D eigenvalue weighted by Crippen LogP contribution is 2.31. The number of nitrogens with one attached hydrogen (secondary N) is 1. The fourth-order valence-corrected chi connectivity index (χ4v) is 1.81. The van der Waals surface area contributed by atoms with Crippen LogP contribution in [-0.4, -0.2) is 16.9 Å². The minimum atomic E-state index is 0.0415. The maximum absolute atomic E-state index is 5.61. The van der Waals surface area contributed by atoms with E-state index in [1.165, 1.54) is 0 Å². The van der Waals surface area contributed by atoms with Crippen LogP contribution in [0.5, 0.6) is 5.75 Å². The molecule has 1 heterocycles. The molecule has 0 amide bonds. The summed E-state index contributed by atoms with van der Waals surface area (Å²) in [5.41, 5.74) is 3.84. The van der Waals surface area contributed by atoms with Gasteiger partial charge in [0.05, 0.1) is 25.0 Å². The second-order valence-corrected chi connectivity index (χ2v) is 4.52. The summed E-state index contributed by atoms with van der Waals surface area (Å²) >= 11 is 0. The summed E-state index contributed by atoms with van der Waals surface area (Å²) in [5, 5.41) is 4.33. The van der Waals surface area contributed by atoms with Crippen LogP contribution in [0.2, 0.25) is 0 Å². The summed E-state index contributed by atoms with van der Waals surface area (Å²) in [6.07, 6.45) is 1.74.